The second kappa shape index (κ2) is 7.69. The van der Waals surface area contributed by atoms with E-state index in [1.165, 1.54) is 0 Å². The van der Waals surface area contributed by atoms with E-state index in [9.17, 15) is 4.79 Å². The van der Waals surface area contributed by atoms with Gasteiger partial charge < -0.3 is 9.47 Å². The fourth-order valence-electron chi connectivity index (χ4n) is 1.17. The molecule has 2 unspecified atom stereocenters. The molecule has 90 valence electrons. The van der Waals surface area contributed by atoms with Crippen molar-refractivity contribution in [2.24, 2.45) is 11.8 Å². The van der Waals surface area contributed by atoms with Crippen LogP contribution in [0, 0.1) is 11.8 Å². The Labute approximate surface area is 93.1 Å². The van der Waals surface area contributed by atoms with Gasteiger partial charge in [0.15, 0.2) is 0 Å². The summed E-state index contributed by atoms with van der Waals surface area (Å²) in [6.45, 7) is 8.40. The van der Waals surface area contributed by atoms with Crippen molar-refractivity contribution in [1.82, 2.24) is 0 Å². The van der Waals surface area contributed by atoms with Crippen LogP contribution in [-0.4, -0.2) is 25.8 Å². The number of methoxy groups -OCH3 is 1. The fourth-order valence-corrected chi connectivity index (χ4v) is 1.17. The maximum absolute atomic E-state index is 11.5. The summed E-state index contributed by atoms with van der Waals surface area (Å²) in [6.07, 6.45) is 2.01. The lowest BCUT2D eigenvalue weighted by molar-refractivity contribution is -0.153. The van der Waals surface area contributed by atoms with Gasteiger partial charge in [-0.15, -0.1) is 0 Å². The molecule has 0 aliphatic rings. The van der Waals surface area contributed by atoms with Crippen molar-refractivity contribution in [3.05, 3.63) is 0 Å². The molecule has 0 spiro atoms. The molecule has 0 aliphatic carbocycles. The quantitative estimate of drug-likeness (QED) is 0.614. The first kappa shape index (κ1) is 14.4. The molecule has 0 aliphatic heterocycles. The third kappa shape index (κ3) is 5.78. The Kier molecular flexibility index (Phi) is 7.39. The van der Waals surface area contributed by atoms with Crippen LogP contribution in [0.5, 0.6) is 0 Å². The van der Waals surface area contributed by atoms with Gasteiger partial charge in [-0.25, -0.2) is 0 Å². The van der Waals surface area contributed by atoms with Crippen LogP contribution in [0.2, 0.25) is 0 Å². The Morgan fingerprint density at radius 2 is 1.87 bits per heavy atom. The molecule has 0 aromatic rings. The van der Waals surface area contributed by atoms with Crippen LogP contribution < -0.4 is 0 Å². The van der Waals surface area contributed by atoms with Crippen molar-refractivity contribution in [3.8, 4) is 0 Å². The van der Waals surface area contributed by atoms with E-state index in [1.54, 1.807) is 7.11 Å². The maximum Gasteiger partial charge on any atom is 0.308 e. The van der Waals surface area contributed by atoms with E-state index in [-0.39, 0.29) is 18.0 Å². The standard InChI is InChI=1S/C12H24O3/c1-6-7-11(14-5)8-15-12(13)10(4)9(2)3/h9-11H,6-8H2,1-5H3. The van der Waals surface area contributed by atoms with Gasteiger partial charge in [-0.3, -0.25) is 4.79 Å². The number of carbonyl (C=O) groups excluding carboxylic acids is 1. The van der Waals surface area contributed by atoms with Gasteiger partial charge in [0.05, 0.1) is 12.0 Å². The molecule has 0 rings (SSSR count). The van der Waals surface area contributed by atoms with E-state index in [0.717, 1.165) is 12.8 Å². The van der Waals surface area contributed by atoms with Crippen LogP contribution in [-0.2, 0) is 14.3 Å². The molecular formula is C12H24O3. The Balaban J connectivity index is 3.87. The first-order valence-corrected chi connectivity index (χ1v) is 5.72. The van der Waals surface area contributed by atoms with Gasteiger partial charge >= 0.3 is 5.97 Å². The van der Waals surface area contributed by atoms with E-state index in [0.29, 0.717) is 12.5 Å². The van der Waals surface area contributed by atoms with Gasteiger partial charge in [0, 0.05) is 7.11 Å². The normalized spacial score (nSPS) is 15.1. The highest BCUT2D eigenvalue weighted by molar-refractivity contribution is 5.72. The third-order valence-electron chi connectivity index (χ3n) is 2.73. The van der Waals surface area contributed by atoms with Crippen molar-refractivity contribution in [3.63, 3.8) is 0 Å². The zero-order chi connectivity index (χ0) is 11.8. The van der Waals surface area contributed by atoms with Gasteiger partial charge in [-0.2, -0.15) is 0 Å². The van der Waals surface area contributed by atoms with Crippen LogP contribution in [0.3, 0.4) is 0 Å². The van der Waals surface area contributed by atoms with Crippen LogP contribution in [0.25, 0.3) is 0 Å². The van der Waals surface area contributed by atoms with Crippen molar-refractivity contribution < 1.29 is 14.3 Å². The van der Waals surface area contributed by atoms with Gasteiger partial charge in [-0.1, -0.05) is 34.1 Å². The molecule has 0 saturated carbocycles. The van der Waals surface area contributed by atoms with Crippen molar-refractivity contribution in [1.29, 1.82) is 0 Å². The van der Waals surface area contributed by atoms with E-state index in [2.05, 4.69) is 6.92 Å². The molecular weight excluding hydrogens is 192 g/mol. The second-order valence-electron chi connectivity index (χ2n) is 4.31. The number of rotatable bonds is 7. The highest BCUT2D eigenvalue weighted by atomic mass is 16.6. The third-order valence-corrected chi connectivity index (χ3v) is 2.73. The summed E-state index contributed by atoms with van der Waals surface area (Å²) in [5, 5.41) is 0. The molecule has 3 heteroatoms. The lowest BCUT2D eigenvalue weighted by Gasteiger charge is -2.18. The number of esters is 1. The molecule has 0 amide bonds. The number of carbonyl (C=O) groups is 1. The highest BCUT2D eigenvalue weighted by Crippen LogP contribution is 2.12. The molecule has 0 saturated heterocycles. The lowest BCUT2D eigenvalue weighted by atomic mass is 9.99. The minimum Gasteiger partial charge on any atom is -0.463 e. The zero-order valence-electron chi connectivity index (χ0n) is 10.6. The highest BCUT2D eigenvalue weighted by Gasteiger charge is 2.19. The number of ether oxygens (including phenoxy) is 2. The Morgan fingerprint density at radius 1 is 1.27 bits per heavy atom. The van der Waals surface area contributed by atoms with Gasteiger partial charge in [0.25, 0.3) is 0 Å². The largest absolute Gasteiger partial charge is 0.463 e. The summed E-state index contributed by atoms with van der Waals surface area (Å²) >= 11 is 0. The minimum atomic E-state index is -0.122. The fraction of sp³-hybridized carbons (Fsp3) is 0.917. The van der Waals surface area contributed by atoms with Crippen LogP contribution in [0.15, 0.2) is 0 Å². The predicted molar refractivity (Wildman–Crippen MR) is 60.7 cm³/mol. The maximum atomic E-state index is 11.5. The first-order valence-electron chi connectivity index (χ1n) is 5.72. The van der Waals surface area contributed by atoms with Crippen LogP contribution in [0.1, 0.15) is 40.5 Å². The summed E-state index contributed by atoms with van der Waals surface area (Å²) in [6, 6.07) is 0. The minimum absolute atomic E-state index is 0.0378. The molecule has 0 bridgehead atoms. The van der Waals surface area contributed by atoms with Gasteiger partial charge in [-0.05, 0) is 12.3 Å². The van der Waals surface area contributed by atoms with Crippen molar-refractivity contribution >= 4 is 5.97 Å². The average Bonchev–Trinajstić information content (AvgIpc) is 2.22. The van der Waals surface area contributed by atoms with E-state index < -0.39 is 0 Å². The summed E-state index contributed by atoms with van der Waals surface area (Å²) in [7, 11) is 1.65. The average molecular weight is 216 g/mol. The summed E-state index contributed by atoms with van der Waals surface area (Å²) in [4.78, 5) is 11.5. The smallest absolute Gasteiger partial charge is 0.308 e. The summed E-state index contributed by atoms with van der Waals surface area (Å²) in [5.74, 6) is 0.164. The molecule has 0 aromatic carbocycles. The monoisotopic (exact) mass is 216 g/mol. The summed E-state index contributed by atoms with van der Waals surface area (Å²) in [5.41, 5.74) is 0. The van der Waals surface area contributed by atoms with Gasteiger partial charge in [0.1, 0.15) is 6.61 Å². The molecule has 0 fully saturated rings. The number of hydrogen-bond acceptors (Lipinski definition) is 3. The van der Waals surface area contributed by atoms with Gasteiger partial charge in [0.2, 0.25) is 0 Å². The number of hydrogen-bond donors (Lipinski definition) is 0. The Hall–Kier alpha value is -0.570. The van der Waals surface area contributed by atoms with E-state index >= 15 is 0 Å². The van der Waals surface area contributed by atoms with Crippen molar-refractivity contribution in [2.45, 2.75) is 46.6 Å². The SMILES string of the molecule is CCCC(COC(=O)C(C)C(C)C)OC. The summed E-state index contributed by atoms with van der Waals surface area (Å²) < 4.78 is 10.4. The van der Waals surface area contributed by atoms with E-state index in [1.807, 2.05) is 20.8 Å². The molecule has 15 heavy (non-hydrogen) atoms. The molecule has 0 radical (unpaired) electrons. The van der Waals surface area contributed by atoms with Crippen LogP contribution in [0.4, 0.5) is 0 Å². The molecule has 0 N–H and O–H groups in total. The molecule has 2 atom stereocenters. The Morgan fingerprint density at radius 3 is 2.27 bits per heavy atom. The lowest BCUT2D eigenvalue weighted by Crippen LogP contribution is -2.25. The van der Waals surface area contributed by atoms with Crippen LogP contribution >= 0.6 is 0 Å². The predicted octanol–water partition coefficient (Wildman–Crippen LogP) is 2.64. The Bertz CT molecular complexity index is 178. The molecule has 3 nitrogen and oxygen atoms in total. The molecule has 0 aromatic heterocycles. The first-order chi connectivity index (χ1) is 7.02. The topological polar surface area (TPSA) is 35.5 Å². The zero-order valence-corrected chi connectivity index (χ0v) is 10.6. The van der Waals surface area contributed by atoms with Crippen molar-refractivity contribution in [2.75, 3.05) is 13.7 Å². The molecule has 0 heterocycles. The van der Waals surface area contributed by atoms with E-state index in [4.69, 9.17) is 9.47 Å². The second-order valence-corrected chi connectivity index (χ2v) is 4.31.